The number of alkyl halides is 3. The van der Waals surface area contributed by atoms with Gasteiger partial charge >= 0.3 is 6.36 Å². The van der Waals surface area contributed by atoms with E-state index in [1.54, 1.807) is 18.9 Å². The van der Waals surface area contributed by atoms with Gasteiger partial charge < -0.3 is 24.6 Å². The van der Waals surface area contributed by atoms with E-state index in [9.17, 15) is 22.8 Å². The molecule has 0 aliphatic carbocycles. The maximum absolute atomic E-state index is 12.5. The van der Waals surface area contributed by atoms with E-state index in [-0.39, 0.29) is 11.7 Å². The molecule has 10 heteroatoms. The van der Waals surface area contributed by atoms with Crippen LogP contribution in [0.5, 0.6) is 11.5 Å². The van der Waals surface area contributed by atoms with E-state index >= 15 is 0 Å². The third-order valence-corrected chi connectivity index (χ3v) is 5.38. The van der Waals surface area contributed by atoms with Gasteiger partial charge in [-0.25, -0.2) is 0 Å². The zero-order valence-electron chi connectivity index (χ0n) is 18.8. The number of hydrogen-bond acceptors (Lipinski definition) is 5. The Balaban J connectivity index is 1.45. The number of amides is 2. The van der Waals surface area contributed by atoms with Crippen molar-refractivity contribution in [2.75, 3.05) is 38.2 Å². The molecule has 1 atom stereocenters. The lowest BCUT2D eigenvalue weighted by molar-refractivity contribution is -0.274. The highest BCUT2D eigenvalue weighted by Crippen LogP contribution is 2.24. The molecule has 182 valence electrons. The van der Waals surface area contributed by atoms with Gasteiger partial charge in [-0.3, -0.25) is 9.59 Å². The third-order valence-electron chi connectivity index (χ3n) is 5.38. The molecule has 0 unspecified atom stereocenters. The molecule has 2 aromatic rings. The maximum atomic E-state index is 12.5. The van der Waals surface area contributed by atoms with Gasteiger partial charge in [0, 0.05) is 44.0 Å². The van der Waals surface area contributed by atoms with Crippen LogP contribution in [-0.4, -0.2) is 56.4 Å². The summed E-state index contributed by atoms with van der Waals surface area (Å²) in [5.41, 5.74) is 1.65. The molecule has 0 saturated carbocycles. The van der Waals surface area contributed by atoms with Crippen molar-refractivity contribution in [1.29, 1.82) is 0 Å². The second-order valence-corrected chi connectivity index (χ2v) is 7.69. The fourth-order valence-corrected chi connectivity index (χ4v) is 3.53. The number of halogens is 3. The van der Waals surface area contributed by atoms with Gasteiger partial charge in [0.2, 0.25) is 11.8 Å². The number of benzene rings is 2. The molecule has 0 radical (unpaired) electrons. The summed E-state index contributed by atoms with van der Waals surface area (Å²) in [6, 6.07) is 12.5. The summed E-state index contributed by atoms with van der Waals surface area (Å²) < 4.78 is 45.8. The SMILES string of the molecule is COc1ccc(N2CCN(C(=O)/C=C\C(=O)N[C@H](C)c3ccc(OC(F)(F)F)cc3)CC2)cc1. The van der Waals surface area contributed by atoms with Gasteiger partial charge in [0.05, 0.1) is 13.2 Å². The van der Waals surface area contributed by atoms with Crippen molar-refractivity contribution in [3.63, 3.8) is 0 Å². The number of methoxy groups -OCH3 is 1. The predicted octanol–water partition coefficient (Wildman–Crippen LogP) is 3.68. The number of rotatable bonds is 7. The molecule has 1 saturated heterocycles. The van der Waals surface area contributed by atoms with Crippen LogP contribution < -0.4 is 19.7 Å². The summed E-state index contributed by atoms with van der Waals surface area (Å²) in [4.78, 5) is 28.5. The van der Waals surface area contributed by atoms with Crippen molar-refractivity contribution in [2.45, 2.75) is 19.3 Å². The van der Waals surface area contributed by atoms with Crippen molar-refractivity contribution in [2.24, 2.45) is 0 Å². The molecule has 1 aliphatic rings. The molecule has 2 aromatic carbocycles. The number of carbonyl (C=O) groups is 2. The van der Waals surface area contributed by atoms with Crippen molar-refractivity contribution >= 4 is 17.5 Å². The number of anilines is 1. The Morgan fingerprint density at radius 1 is 0.941 bits per heavy atom. The number of nitrogens with one attached hydrogen (secondary N) is 1. The average molecular weight is 477 g/mol. The Morgan fingerprint density at radius 2 is 1.53 bits per heavy atom. The lowest BCUT2D eigenvalue weighted by Gasteiger charge is -2.35. The summed E-state index contributed by atoms with van der Waals surface area (Å²) in [7, 11) is 1.61. The molecule has 1 N–H and O–H groups in total. The Morgan fingerprint density at radius 3 is 2.09 bits per heavy atom. The largest absolute Gasteiger partial charge is 0.573 e. The van der Waals surface area contributed by atoms with Crippen LogP contribution in [0.1, 0.15) is 18.5 Å². The number of piperazine rings is 1. The average Bonchev–Trinajstić information content (AvgIpc) is 2.82. The quantitative estimate of drug-likeness (QED) is 0.617. The van der Waals surface area contributed by atoms with Crippen LogP contribution in [0, 0.1) is 0 Å². The summed E-state index contributed by atoms with van der Waals surface area (Å²) in [6.45, 7) is 4.08. The molecule has 0 spiro atoms. The molecule has 0 bridgehead atoms. The fourth-order valence-electron chi connectivity index (χ4n) is 3.53. The topological polar surface area (TPSA) is 71.1 Å². The van der Waals surface area contributed by atoms with E-state index in [0.29, 0.717) is 31.7 Å². The van der Waals surface area contributed by atoms with Gasteiger partial charge in [0.15, 0.2) is 0 Å². The molecule has 1 heterocycles. The molecule has 3 rings (SSSR count). The molecule has 1 fully saturated rings. The first-order valence-corrected chi connectivity index (χ1v) is 10.7. The monoisotopic (exact) mass is 477 g/mol. The first-order valence-electron chi connectivity index (χ1n) is 10.7. The summed E-state index contributed by atoms with van der Waals surface area (Å²) in [5.74, 6) is -0.297. The van der Waals surface area contributed by atoms with Gasteiger partial charge in [0.25, 0.3) is 0 Å². The first-order chi connectivity index (χ1) is 16.1. The second kappa shape index (κ2) is 11.0. The van der Waals surface area contributed by atoms with Crippen molar-refractivity contribution in [3.05, 3.63) is 66.2 Å². The fraction of sp³-hybridized carbons (Fsp3) is 0.333. The Hall–Kier alpha value is -3.69. The first kappa shape index (κ1) is 24.9. The molecule has 0 aromatic heterocycles. The number of hydrogen-bond donors (Lipinski definition) is 1. The Bertz CT molecular complexity index is 1000. The lowest BCUT2D eigenvalue weighted by atomic mass is 10.1. The zero-order valence-corrected chi connectivity index (χ0v) is 18.8. The van der Waals surface area contributed by atoms with E-state index in [0.717, 1.165) is 17.5 Å². The lowest BCUT2D eigenvalue weighted by Crippen LogP contribution is -2.48. The highest BCUT2D eigenvalue weighted by Gasteiger charge is 2.31. The Kier molecular flexibility index (Phi) is 8.04. The second-order valence-electron chi connectivity index (χ2n) is 7.69. The summed E-state index contributed by atoms with van der Waals surface area (Å²) >= 11 is 0. The van der Waals surface area contributed by atoms with E-state index in [1.807, 2.05) is 24.3 Å². The van der Waals surface area contributed by atoms with Crippen LogP contribution in [0.3, 0.4) is 0 Å². The predicted molar refractivity (Wildman–Crippen MR) is 121 cm³/mol. The highest BCUT2D eigenvalue weighted by molar-refractivity contribution is 5.96. The smallest absolute Gasteiger partial charge is 0.497 e. The van der Waals surface area contributed by atoms with Gasteiger partial charge in [-0.2, -0.15) is 0 Å². The van der Waals surface area contributed by atoms with Crippen LogP contribution in [0.4, 0.5) is 18.9 Å². The molecular formula is C24H26F3N3O4. The highest BCUT2D eigenvalue weighted by atomic mass is 19.4. The van der Waals surface area contributed by atoms with E-state index in [2.05, 4.69) is 15.0 Å². The van der Waals surface area contributed by atoms with Crippen molar-refractivity contribution in [1.82, 2.24) is 10.2 Å². The summed E-state index contributed by atoms with van der Waals surface area (Å²) in [6.07, 6.45) is -2.37. The molecule has 2 amide bonds. The number of carbonyl (C=O) groups excluding carboxylic acids is 2. The maximum Gasteiger partial charge on any atom is 0.573 e. The van der Waals surface area contributed by atoms with Crippen LogP contribution in [0.15, 0.2) is 60.7 Å². The normalized spacial score (nSPS) is 15.2. The zero-order chi connectivity index (χ0) is 24.7. The van der Waals surface area contributed by atoms with E-state index in [4.69, 9.17) is 4.74 Å². The van der Waals surface area contributed by atoms with Crippen LogP contribution >= 0.6 is 0 Å². The Labute approximate surface area is 195 Å². The van der Waals surface area contributed by atoms with Crippen molar-refractivity contribution in [3.8, 4) is 11.5 Å². The molecule has 34 heavy (non-hydrogen) atoms. The molecular weight excluding hydrogens is 451 g/mol. The van der Waals surface area contributed by atoms with Crippen LogP contribution in [0.25, 0.3) is 0 Å². The van der Waals surface area contributed by atoms with Crippen molar-refractivity contribution < 1.29 is 32.2 Å². The minimum Gasteiger partial charge on any atom is -0.497 e. The van der Waals surface area contributed by atoms with Gasteiger partial charge in [-0.1, -0.05) is 12.1 Å². The third kappa shape index (κ3) is 7.16. The number of nitrogens with zero attached hydrogens (tertiary/aromatic N) is 2. The van der Waals surface area contributed by atoms with E-state index < -0.39 is 18.3 Å². The van der Waals surface area contributed by atoms with Crippen LogP contribution in [-0.2, 0) is 9.59 Å². The summed E-state index contributed by atoms with van der Waals surface area (Å²) in [5, 5.41) is 2.68. The molecule has 7 nitrogen and oxygen atoms in total. The number of ether oxygens (including phenoxy) is 2. The van der Waals surface area contributed by atoms with E-state index in [1.165, 1.54) is 30.3 Å². The van der Waals surface area contributed by atoms with Gasteiger partial charge in [-0.05, 0) is 48.9 Å². The standard InChI is InChI=1S/C24H26F3N3O4/c1-17(18-3-7-21(8-4-18)34-24(25,26)27)28-22(31)11-12-23(32)30-15-13-29(14-16-30)19-5-9-20(33-2)10-6-19/h3-12,17H,13-16H2,1-2H3,(H,28,31)/b12-11-/t17-/m1/s1. The van der Waals surface area contributed by atoms with Crippen LogP contribution in [0.2, 0.25) is 0 Å². The minimum absolute atomic E-state index is 0.258. The molecule has 1 aliphatic heterocycles. The minimum atomic E-state index is -4.76. The van der Waals surface area contributed by atoms with Gasteiger partial charge in [0.1, 0.15) is 11.5 Å². The van der Waals surface area contributed by atoms with Gasteiger partial charge in [-0.15, -0.1) is 13.2 Å².